The van der Waals surface area contributed by atoms with Crippen LogP contribution < -0.4 is 14.7 Å². The highest BCUT2D eigenvalue weighted by Gasteiger charge is 2.25. The Labute approximate surface area is 496 Å². The quantitative estimate of drug-likeness (QED) is 0.107. The van der Waals surface area contributed by atoms with E-state index in [-0.39, 0.29) is 0 Å². The third-order valence-corrected chi connectivity index (χ3v) is 16.5. The number of fused-ring (bicyclic) bond motifs is 7. The fraction of sp³-hybridized carbons (Fsp3) is 0. The van der Waals surface area contributed by atoms with Crippen molar-refractivity contribution in [1.29, 1.82) is 0 Å². The molecule has 400 valence electrons. The van der Waals surface area contributed by atoms with Crippen LogP contribution >= 0.6 is 0 Å². The first kappa shape index (κ1) is 50.7. The standard InChI is InChI=1S/C82H57N3/c1-8-25-59(26-9-1)76-57-77(60-42-47-71(48-43-60)83(65-28-10-2-11-29-65)66-30-12-3-13-31-66)81-74-53-51-73(85(69-36-18-6-19-37-69)70-38-20-7-21-39-70)56-79(74)78-55-64(63-41-40-58-24-22-23-27-62(58)54-63)46-52-75(78)82(81)80(76)61-44-49-72(50-45-61)84(67-32-14-4-15-33-67)68-34-16-5-17-35-68/h1-57H. The number of hydrogen-bond acceptors (Lipinski definition) is 3. The number of hydrogen-bond donors (Lipinski definition) is 0. The molecule has 0 aliphatic heterocycles. The van der Waals surface area contributed by atoms with Gasteiger partial charge in [0.25, 0.3) is 0 Å². The minimum absolute atomic E-state index is 1.08. The Morgan fingerprint density at radius 1 is 0.165 bits per heavy atom. The Morgan fingerprint density at radius 3 is 0.988 bits per heavy atom. The molecule has 0 fully saturated rings. The first-order valence-electron chi connectivity index (χ1n) is 29.1. The molecule has 0 unspecified atom stereocenters. The summed E-state index contributed by atoms with van der Waals surface area (Å²) in [5, 5.41) is 9.55. The van der Waals surface area contributed by atoms with Crippen LogP contribution in [0.2, 0.25) is 0 Å². The number of benzene rings is 15. The first-order chi connectivity index (χ1) is 42.2. The third kappa shape index (κ3) is 9.60. The number of para-hydroxylation sites is 6. The molecule has 0 aliphatic carbocycles. The maximum Gasteiger partial charge on any atom is 0.0468 e. The summed E-state index contributed by atoms with van der Waals surface area (Å²) in [6.07, 6.45) is 0. The molecule has 15 aromatic rings. The van der Waals surface area contributed by atoms with E-state index in [0.29, 0.717) is 0 Å². The van der Waals surface area contributed by atoms with Crippen molar-refractivity contribution in [2.24, 2.45) is 0 Å². The lowest BCUT2D eigenvalue weighted by Crippen LogP contribution is -2.09. The van der Waals surface area contributed by atoms with Crippen molar-refractivity contribution in [2.75, 3.05) is 14.7 Å². The summed E-state index contributed by atoms with van der Waals surface area (Å²) in [7, 11) is 0. The van der Waals surface area contributed by atoms with E-state index in [1.54, 1.807) is 0 Å². The Kier molecular flexibility index (Phi) is 13.3. The summed E-state index contributed by atoms with van der Waals surface area (Å²) in [6.45, 7) is 0. The zero-order chi connectivity index (χ0) is 56.5. The maximum absolute atomic E-state index is 2.48. The summed E-state index contributed by atoms with van der Waals surface area (Å²) in [4.78, 5) is 7.06. The van der Waals surface area contributed by atoms with Gasteiger partial charge >= 0.3 is 0 Å². The molecule has 15 rings (SSSR count). The normalized spacial score (nSPS) is 11.3. The molecule has 0 spiro atoms. The van der Waals surface area contributed by atoms with Crippen LogP contribution in [0.1, 0.15) is 0 Å². The van der Waals surface area contributed by atoms with Crippen molar-refractivity contribution in [1.82, 2.24) is 0 Å². The van der Waals surface area contributed by atoms with Gasteiger partial charge in [-0.25, -0.2) is 0 Å². The predicted molar refractivity (Wildman–Crippen MR) is 362 cm³/mol. The monoisotopic (exact) mass is 1080 g/mol. The Balaban J connectivity index is 1.04. The number of nitrogens with zero attached hydrogens (tertiary/aromatic N) is 3. The zero-order valence-corrected chi connectivity index (χ0v) is 46.8. The molecular formula is C82H57N3. The van der Waals surface area contributed by atoms with E-state index in [0.717, 1.165) is 84.6 Å². The van der Waals surface area contributed by atoms with Crippen LogP contribution in [-0.2, 0) is 0 Å². The largest absolute Gasteiger partial charge is 0.311 e. The summed E-state index contributed by atoms with van der Waals surface area (Å²) >= 11 is 0. The van der Waals surface area contributed by atoms with Gasteiger partial charge in [0.2, 0.25) is 0 Å². The van der Waals surface area contributed by atoms with Crippen LogP contribution in [0.3, 0.4) is 0 Å². The van der Waals surface area contributed by atoms with Crippen LogP contribution in [0.4, 0.5) is 51.2 Å². The summed E-state index contributed by atoms with van der Waals surface area (Å²) in [6, 6.07) is 126. The minimum atomic E-state index is 1.08. The van der Waals surface area contributed by atoms with E-state index in [1.165, 1.54) is 54.2 Å². The van der Waals surface area contributed by atoms with Crippen LogP contribution in [-0.4, -0.2) is 0 Å². The average Bonchev–Trinajstić information content (AvgIpc) is 3.09. The lowest BCUT2D eigenvalue weighted by Gasteiger charge is -2.27. The van der Waals surface area contributed by atoms with Gasteiger partial charge in [0.05, 0.1) is 0 Å². The third-order valence-electron chi connectivity index (χ3n) is 16.5. The van der Waals surface area contributed by atoms with Crippen LogP contribution in [0.5, 0.6) is 0 Å². The van der Waals surface area contributed by atoms with Crippen LogP contribution in [0.15, 0.2) is 346 Å². The zero-order valence-electron chi connectivity index (χ0n) is 46.8. The SMILES string of the molecule is c1ccc(-c2cc(-c3ccc(N(c4ccccc4)c4ccccc4)cc3)c3c4ccc(N(c5ccccc5)c5ccccc5)cc4c4cc(-c5ccc6ccccc6c5)ccc4c3c2-c2ccc(N(c3ccccc3)c3ccccc3)cc2)cc1. The molecular weight excluding hydrogens is 1030 g/mol. The van der Waals surface area contributed by atoms with Crippen molar-refractivity contribution in [3.63, 3.8) is 0 Å². The summed E-state index contributed by atoms with van der Waals surface area (Å²) < 4.78 is 0. The Morgan fingerprint density at radius 2 is 0.494 bits per heavy atom. The number of rotatable bonds is 13. The van der Waals surface area contributed by atoms with Gasteiger partial charge in [0, 0.05) is 51.2 Å². The molecule has 85 heavy (non-hydrogen) atoms. The van der Waals surface area contributed by atoms with E-state index in [2.05, 4.69) is 360 Å². The van der Waals surface area contributed by atoms with Gasteiger partial charge in [-0.3, -0.25) is 0 Å². The second-order valence-electron chi connectivity index (χ2n) is 21.6. The van der Waals surface area contributed by atoms with E-state index in [9.17, 15) is 0 Å². The highest BCUT2D eigenvalue weighted by atomic mass is 15.2. The minimum Gasteiger partial charge on any atom is -0.311 e. The summed E-state index contributed by atoms with van der Waals surface area (Å²) in [5.74, 6) is 0. The van der Waals surface area contributed by atoms with E-state index < -0.39 is 0 Å². The highest BCUT2D eigenvalue weighted by Crippen LogP contribution is 2.52. The maximum atomic E-state index is 2.48. The molecule has 0 aromatic heterocycles. The van der Waals surface area contributed by atoms with E-state index >= 15 is 0 Å². The molecule has 0 saturated carbocycles. The molecule has 0 amide bonds. The van der Waals surface area contributed by atoms with Gasteiger partial charge in [-0.1, -0.05) is 218 Å². The van der Waals surface area contributed by atoms with E-state index in [1.807, 2.05) is 0 Å². The topological polar surface area (TPSA) is 9.72 Å². The fourth-order valence-corrected chi connectivity index (χ4v) is 12.6. The van der Waals surface area contributed by atoms with Crippen molar-refractivity contribution < 1.29 is 0 Å². The fourth-order valence-electron chi connectivity index (χ4n) is 12.6. The molecule has 0 radical (unpaired) electrons. The van der Waals surface area contributed by atoms with Crippen molar-refractivity contribution >= 4 is 94.3 Å². The van der Waals surface area contributed by atoms with Gasteiger partial charge in [-0.05, 0) is 215 Å². The van der Waals surface area contributed by atoms with Gasteiger partial charge < -0.3 is 14.7 Å². The smallest absolute Gasteiger partial charge is 0.0468 e. The molecule has 0 aliphatic rings. The Bertz CT molecular complexity index is 4710. The lowest BCUT2D eigenvalue weighted by atomic mass is 9.81. The molecule has 0 saturated heterocycles. The first-order valence-corrected chi connectivity index (χ1v) is 29.1. The lowest BCUT2D eigenvalue weighted by molar-refractivity contribution is 1.28. The molecule has 3 nitrogen and oxygen atoms in total. The van der Waals surface area contributed by atoms with Crippen LogP contribution in [0.25, 0.3) is 87.6 Å². The molecule has 3 heteroatoms. The van der Waals surface area contributed by atoms with Gasteiger partial charge in [-0.15, -0.1) is 0 Å². The summed E-state index contributed by atoms with van der Waals surface area (Å²) in [5.41, 5.74) is 19.1. The van der Waals surface area contributed by atoms with Gasteiger partial charge in [0.1, 0.15) is 0 Å². The molecule has 0 atom stereocenters. The molecule has 0 N–H and O–H groups in total. The van der Waals surface area contributed by atoms with Crippen molar-refractivity contribution in [3.05, 3.63) is 346 Å². The van der Waals surface area contributed by atoms with Gasteiger partial charge in [-0.2, -0.15) is 0 Å². The second kappa shape index (κ2) is 22.2. The van der Waals surface area contributed by atoms with Crippen molar-refractivity contribution in [3.8, 4) is 44.5 Å². The highest BCUT2D eigenvalue weighted by molar-refractivity contribution is 6.33. The molecule has 0 heterocycles. The van der Waals surface area contributed by atoms with Crippen molar-refractivity contribution in [2.45, 2.75) is 0 Å². The predicted octanol–water partition coefficient (Wildman–Crippen LogP) is 23.4. The second-order valence-corrected chi connectivity index (χ2v) is 21.6. The molecule has 15 aromatic carbocycles. The average molecular weight is 1080 g/mol. The number of anilines is 9. The van der Waals surface area contributed by atoms with Gasteiger partial charge in [0.15, 0.2) is 0 Å². The molecule has 0 bridgehead atoms. The van der Waals surface area contributed by atoms with Crippen LogP contribution in [0, 0.1) is 0 Å². The van der Waals surface area contributed by atoms with E-state index in [4.69, 9.17) is 0 Å². The Hall–Kier alpha value is -11.3.